The molecule has 0 saturated carbocycles. The number of hydrogen-bond acceptors (Lipinski definition) is 5. The number of allylic oxidation sites excluding steroid dienone is 1. The van der Waals surface area contributed by atoms with Crippen LogP contribution in [0.1, 0.15) is 51.6 Å². The number of nitro groups is 1. The molecule has 31 heavy (non-hydrogen) atoms. The maximum Gasteiger partial charge on any atom is 0.343 e. The lowest BCUT2D eigenvalue weighted by atomic mass is 10.0. The predicted molar refractivity (Wildman–Crippen MR) is 118 cm³/mol. The molecule has 6 heteroatoms. The lowest BCUT2D eigenvalue weighted by Gasteiger charge is -2.05. The molecule has 0 bridgehead atoms. The summed E-state index contributed by atoms with van der Waals surface area (Å²) in [4.78, 5) is 34.7. The van der Waals surface area contributed by atoms with Crippen molar-refractivity contribution in [3.8, 4) is 5.75 Å². The Morgan fingerprint density at radius 3 is 2.00 bits per heavy atom. The van der Waals surface area contributed by atoms with E-state index in [9.17, 15) is 19.7 Å². The van der Waals surface area contributed by atoms with Crippen molar-refractivity contribution in [2.24, 2.45) is 0 Å². The van der Waals surface area contributed by atoms with E-state index in [1.54, 1.807) is 18.2 Å². The molecular formula is C25H21NO5. The normalized spacial score (nSPS) is 10.9. The topological polar surface area (TPSA) is 86.5 Å². The number of benzene rings is 3. The third-order valence-corrected chi connectivity index (χ3v) is 4.69. The molecule has 0 unspecified atom stereocenters. The van der Waals surface area contributed by atoms with Gasteiger partial charge in [0, 0.05) is 17.7 Å². The highest BCUT2D eigenvalue weighted by molar-refractivity contribution is 6.06. The van der Waals surface area contributed by atoms with Gasteiger partial charge in [0.05, 0.1) is 10.5 Å². The van der Waals surface area contributed by atoms with Gasteiger partial charge in [-0.05, 0) is 59.5 Å². The lowest BCUT2D eigenvalue weighted by Crippen LogP contribution is -2.08. The Kier molecular flexibility index (Phi) is 6.72. The molecule has 0 N–H and O–H groups in total. The minimum Gasteiger partial charge on any atom is -0.423 e. The quantitative estimate of drug-likeness (QED) is 0.121. The Labute approximate surface area is 180 Å². The highest BCUT2D eigenvalue weighted by Crippen LogP contribution is 2.18. The van der Waals surface area contributed by atoms with Gasteiger partial charge in [0.2, 0.25) is 0 Å². The van der Waals surface area contributed by atoms with Crippen LogP contribution in [0.5, 0.6) is 5.75 Å². The van der Waals surface area contributed by atoms with E-state index in [1.165, 1.54) is 48.0 Å². The number of rotatable bonds is 7. The molecule has 3 aromatic carbocycles. The minimum absolute atomic E-state index is 0.108. The first-order valence-electron chi connectivity index (χ1n) is 9.72. The molecule has 0 aliphatic rings. The minimum atomic E-state index is -0.640. The number of esters is 1. The van der Waals surface area contributed by atoms with Crippen LogP contribution >= 0.6 is 0 Å². The smallest absolute Gasteiger partial charge is 0.343 e. The van der Waals surface area contributed by atoms with E-state index in [2.05, 4.69) is 13.8 Å². The third-order valence-electron chi connectivity index (χ3n) is 4.69. The van der Waals surface area contributed by atoms with Gasteiger partial charge in [-0.1, -0.05) is 44.2 Å². The number of carbonyl (C=O) groups excluding carboxylic acids is 2. The van der Waals surface area contributed by atoms with Gasteiger partial charge in [-0.2, -0.15) is 0 Å². The van der Waals surface area contributed by atoms with Crippen LogP contribution in [0.25, 0.3) is 6.08 Å². The molecule has 3 aromatic rings. The van der Waals surface area contributed by atoms with Gasteiger partial charge in [0.25, 0.3) is 5.69 Å². The summed E-state index contributed by atoms with van der Waals surface area (Å²) in [6.07, 6.45) is 3.26. The van der Waals surface area contributed by atoms with Crippen molar-refractivity contribution in [3.05, 3.63) is 111 Å². The van der Waals surface area contributed by atoms with Gasteiger partial charge in [0.15, 0.2) is 5.78 Å². The molecule has 0 spiro atoms. The summed E-state index contributed by atoms with van der Waals surface area (Å²) in [5.41, 5.74) is 2.72. The zero-order valence-corrected chi connectivity index (χ0v) is 17.1. The van der Waals surface area contributed by atoms with Crippen molar-refractivity contribution in [1.29, 1.82) is 0 Å². The monoisotopic (exact) mass is 415 g/mol. The van der Waals surface area contributed by atoms with Crippen molar-refractivity contribution >= 4 is 23.5 Å². The first kappa shape index (κ1) is 21.6. The Hall–Kier alpha value is -4.06. The van der Waals surface area contributed by atoms with Gasteiger partial charge < -0.3 is 4.74 Å². The van der Waals surface area contributed by atoms with Crippen LogP contribution in [-0.4, -0.2) is 16.7 Å². The molecule has 0 aliphatic heterocycles. The van der Waals surface area contributed by atoms with E-state index >= 15 is 0 Å². The summed E-state index contributed by atoms with van der Waals surface area (Å²) in [5, 5.41) is 10.7. The molecule has 0 heterocycles. The first-order valence-corrected chi connectivity index (χ1v) is 9.72. The zero-order valence-electron chi connectivity index (χ0n) is 17.1. The van der Waals surface area contributed by atoms with E-state index in [0.717, 1.165) is 5.56 Å². The summed E-state index contributed by atoms with van der Waals surface area (Å²) in [5.74, 6) is -0.0827. The summed E-state index contributed by atoms with van der Waals surface area (Å²) in [7, 11) is 0. The Balaban J connectivity index is 1.61. The number of hydrogen-bond donors (Lipinski definition) is 0. The van der Waals surface area contributed by atoms with E-state index in [0.29, 0.717) is 11.5 Å². The van der Waals surface area contributed by atoms with Gasteiger partial charge in [-0.15, -0.1) is 0 Å². The third kappa shape index (κ3) is 5.73. The highest BCUT2D eigenvalue weighted by atomic mass is 16.6. The highest BCUT2D eigenvalue weighted by Gasteiger charge is 2.12. The first-order chi connectivity index (χ1) is 14.8. The molecule has 0 fully saturated rings. The van der Waals surface area contributed by atoms with Crippen molar-refractivity contribution < 1.29 is 19.2 Å². The molecule has 3 rings (SSSR count). The average Bonchev–Trinajstić information content (AvgIpc) is 2.78. The standard InChI is InChI=1S/C25H21NO5/c1-17(2)19-6-3-18(4-7-19)5-16-24(27)20-10-14-23(15-11-20)31-25(28)21-8-12-22(13-9-21)26(29)30/h3-17H,1-2H3. The largest absolute Gasteiger partial charge is 0.423 e. The molecular weight excluding hydrogens is 394 g/mol. The summed E-state index contributed by atoms with van der Waals surface area (Å²) in [6.45, 7) is 4.25. The fourth-order valence-corrected chi connectivity index (χ4v) is 2.83. The van der Waals surface area contributed by atoms with E-state index in [1.807, 2.05) is 24.3 Å². The van der Waals surface area contributed by atoms with Crippen LogP contribution in [-0.2, 0) is 0 Å². The van der Waals surface area contributed by atoms with Gasteiger partial charge >= 0.3 is 5.97 Å². The number of nitro benzene ring substituents is 1. The van der Waals surface area contributed by atoms with E-state index < -0.39 is 10.9 Å². The SMILES string of the molecule is CC(C)c1ccc(C=CC(=O)c2ccc(OC(=O)c3ccc([N+](=O)[O-])cc3)cc2)cc1. The van der Waals surface area contributed by atoms with Crippen LogP contribution in [0.15, 0.2) is 78.9 Å². The molecule has 0 radical (unpaired) electrons. The van der Waals surface area contributed by atoms with Gasteiger partial charge in [-0.25, -0.2) is 4.79 Å². The van der Waals surface area contributed by atoms with Crippen LogP contribution in [0.4, 0.5) is 5.69 Å². The molecule has 6 nitrogen and oxygen atoms in total. The van der Waals surface area contributed by atoms with E-state index in [-0.39, 0.29) is 22.8 Å². The number of nitrogens with zero attached hydrogens (tertiary/aromatic N) is 1. The second kappa shape index (κ2) is 9.63. The lowest BCUT2D eigenvalue weighted by molar-refractivity contribution is -0.384. The molecule has 0 saturated heterocycles. The van der Waals surface area contributed by atoms with Gasteiger partial charge in [-0.3, -0.25) is 14.9 Å². The number of non-ortho nitro benzene ring substituents is 1. The summed E-state index contributed by atoms with van der Waals surface area (Å²) < 4.78 is 5.26. The maximum absolute atomic E-state index is 12.4. The van der Waals surface area contributed by atoms with Crippen molar-refractivity contribution in [3.63, 3.8) is 0 Å². The zero-order chi connectivity index (χ0) is 22.4. The average molecular weight is 415 g/mol. The fraction of sp³-hybridized carbons (Fsp3) is 0.120. The maximum atomic E-state index is 12.4. The molecule has 0 aromatic heterocycles. The molecule has 0 atom stereocenters. The van der Waals surface area contributed by atoms with Crippen LogP contribution in [0, 0.1) is 10.1 Å². The van der Waals surface area contributed by atoms with Crippen LogP contribution in [0.2, 0.25) is 0 Å². The second-order valence-electron chi connectivity index (χ2n) is 7.24. The Morgan fingerprint density at radius 1 is 0.871 bits per heavy atom. The fourth-order valence-electron chi connectivity index (χ4n) is 2.83. The van der Waals surface area contributed by atoms with Crippen molar-refractivity contribution in [2.75, 3.05) is 0 Å². The Morgan fingerprint density at radius 2 is 1.45 bits per heavy atom. The summed E-state index contributed by atoms with van der Waals surface area (Å²) in [6, 6.07) is 19.4. The van der Waals surface area contributed by atoms with Crippen molar-refractivity contribution in [2.45, 2.75) is 19.8 Å². The number of carbonyl (C=O) groups is 2. The van der Waals surface area contributed by atoms with Crippen molar-refractivity contribution in [1.82, 2.24) is 0 Å². The predicted octanol–water partition coefficient (Wildman–Crippen LogP) is 5.83. The second-order valence-corrected chi connectivity index (χ2v) is 7.24. The molecule has 0 aliphatic carbocycles. The van der Waals surface area contributed by atoms with E-state index in [4.69, 9.17) is 4.74 Å². The van der Waals surface area contributed by atoms with Crippen LogP contribution in [0.3, 0.4) is 0 Å². The van der Waals surface area contributed by atoms with Gasteiger partial charge in [0.1, 0.15) is 5.75 Å². The van der Waals surface area contributed by atoms with Crippen LogP contribution < -0.4 is 4.74 Å². The number of ether oxygens (including phenoxy) is 1. The summed E-state index contributed by atoms with van der Waals surface area (Å²) >= 11 is 0. The molecule has 0 amide bonds. The number of ketones is 1. The molecule has 156 valence electrons. The Bertz CT molecular complexity index is 1110.